The van der Waals surface area contributed by atoms with Crippen LogP contribution in [0.15, 0.2) is 35.2 Å². The second-order valence-corrected chi connectivity index (χ2v) is 15.8. The zero-order valence-electron chi connectivity index (χ0n) is 25.0. The maximum atomic E-state index is 14.0. The lowest BCUT2D eigenvalue weighted by Crippen LogP contribution is -2.61. The Kier molecular flexibility index (Phi) is 7.51. The Morgan fingerprint density at radius 3 is 2.10 bits per heavy atom. The molecule has 1 aromatic rings. The smallest absolute Gasteiger partial charge is 0.408 e. The number of carbonyl (C=O) groups excluding carboxylic acids is 4. The molecule has 41 heavy (non-hydrogen) atoms. The van der Waals surface area contributed by atoms with Crippen LogP contribution in [0.1, 0.15) is 68.2 Å². The summed E-state index contributed by atoms with van der Waals surface area (Å²) in [5, 5.41) is 5.50. The summed E-state index contributed by atoms with van der Waals surface area (Å²) in [7, 11) is -4.12. The normalized spacial score (nSPS) is 24.9. The third-order valence-corrected chi connectivity index (χ3v) is 9.71. The summed E-state index contributed by atoms with van der Waals surface area (Å²) in [6.45, 7) is 15.0. The summed E-state index contributed by atoms with van der Waals surface area (Å²) in [6, 6.07) is 5.68. The average Bonchev–Trinajstić information content (AvgIpc) is 3.65. The molecule has 4 rings (SSSR count). The van der Waals surface area contributed by atoms with Crippen LogP contribution in [0.25, 0.3) is 0 Å². The van der Waals surface area contributed by atoms with E-state index in [-0.39, 0.29) is 35.0 Å². The quantitative estimate of drug-likeness (QED) is 0.442. The molecule has 1 saturated heterocycles. The van der Waals surface area contributed by atoms with Crippen molar-refractivity contribution in [2.24, 2.45) is 22.7 Å². The van der Waals surface area contributed by atoms with Crippen molar-refractivity contribution in [3.63, 3.8) is 0 Å². The first-order valence-electron chi connectivity index (χ1n) is 13.9. The zero-order valence-corrected chi connectivity index (χ0v) is 25.8. The predicted molar refractivity (Wildman–Crippen MR) is 151 cm³/mol. The molecule has 0 aromatic heterocycles. The number of sulfonamides is 1. The molecule has 226 valence electrons. The number of alkyl carbamates (subject to hydrolysis) is 1. The van der Waals surface area contributed by atoms with Gasteiger partial charge in [0.1, 0.15) is 23.2 Å². The van der Waals surface area contributed by atoms with Crippen LogP contribution >= 0.6 is 0 Å². The Labute approximate surface area is 242 Å². The predicted octanol–water partition coefficient (Wildman–Crippen LogP) is 2.56. The Morgan fingerprint density at radius 2 is 1.59 bits per heavy atom. The number of rotatable bonds is 7. The molecule has 2 aliphatic carbocycles. The van der Waals surface area contributed by atoms with Crippen LogP contribution < -0.4 is 15.4 Å². The standard InChI is InChI=1S/C29H42N4O7S/c1-26(2,3)21(30-25(37)40-27(4,5)6)23(35)33-16-18-19(28(18,7)8)20(33)22(34)31-29(14-15-29)24(36)32-41(38,39)17-12-10-9-11-13-17/h9-13,18-21H,14-16H2,1-8H3,(H,30,37)(H,31,34)(H,32,36)/t18?,19-,20?,21+/m0/s1. The Hall–Kier alpha value is -3.15. The molecule has 4 atom stereocenters. The first-order valence-corrected chi connectivity index (χ1v) is 15.4. The lowest BCUT2D eigenvalue weighted by Gasteiger charge is -2.38. The molecule has 2 saturated carbocycles. The van der Waals surface area contributed by atoms with Crippen LogP contribution in [0.4, 0.5) is 4.79 Å². The lowest BCUT2D eigenvalue weighted by molar-refractivity contribution is -0.144. The molecule has 0 spiro atoms. The molecule has 3 aliphatic rings. The van der Waals surface area contributed by atoms with E-state index in [1.807, 2.05) is 34.6 Å². The van der Waals surface area contributed by atoms with E-state index in [4.69, 9.17) is 4.74 Å². The van der Waals surface area contributed by atoms with Gasteiger partial charge in [-0.3, -0.25) is 14.4 Å². The molecule has 3 N–H and O–H groups in total. The van der Waals surface area contributed by atoms with Crippen LogP contribution in [0, 0.1) is 22.7 Å². The number of piperidine rings is 1. The molecular formula is C29H42N4O7S. The number of fused-ring (bicyclic) bond motifs is 1. The molecule has 1 aromatic carbocycles. The number of nitrogens with zero attached hydrogens (tertiary/aromatic N) is 1. The maximum Gasteiger partial charge on any atom is 0.408 e. The van der Waals surface area contributed by atoms with Crippen LogP contribution in [0.5, 0.6) is 0 Å². The third kappa shape index (κ3) is 6.22. The van der Waals surface area contributed by atoms with Gasteiger partial charge in [-0.1, -0.05) is 52.8 Å². The Bertz CT molecular complexity index is 1340. The van der Waals surface area contributed by atoms with Gasteiger partial charge in [0.05, 0.1) is 4.90 Å². The van der Waals surface area contributed by atoms with E-state index in [0.717, 1.165) is 0 Å². The number of carbonyl (C=O) groups is 4. The highest BCUT2D eigenvalue weighted by Crippen LogP contribution is 2.65. The van der Waals surface area contributed by atoms with Gasteiger partial charge in [0, 0.05) is 6.54 Å². The highest BCUT2D eigenvalue weighted by molar-refractivity contribution is 7.90. The van der Waals surface area contributed by atoms with E-state index in [0.29, 0.717) is 6.54 Å². The minimum Gasteiger partial charge on any atom is -0.444 e. The molecule has 0 radical (unpaired) electrons. The van der Waals surface area contributed by atoms with Crippen molar-refractivity contribution in [3.8, 4) is 0 Å². The van der Waals surface area contributed by atoms with Crippen molar-refractivity contribution in [1.29, 1.82) is 0 Å². The van der Waals surface area contributed by atoms with Crippen molar-refractivity contribution in [1.82, 2.24) is 20.3 Å². The minimum atomic E-state index is -4.12. The van der Waals surface area contributed by atoms with Gasteiger partial charge in [-0.2, -0.15) is 0 Å². The van der Waals surface area contributed by atoms with Crippen molar-refractivity contribution in [2.75, 3.05) is 6.54 Å². The number of hydrogen-bond donors (Lipinski definition) is 3. The summed E-state index contributed by atoms with van der Waals surface area (Å²) in [4.78, 5) is 55.0. The first-order chi connectivity index (χ1) is 18.7. The fraction of sp³-hybridized carbons (Fsp3) is 0.655. The fourth-order valence-electron chi connectivity index (χ4n) is 5.78. The summed E-state index contributed by atoms with van der Waals surface area (Å²) in [6.07, 6.45) is -0.180. The van der Waals surface area contributed by atoms with Gasteiger partial charge in [-0.25, -0.2) is 17.9 Å². The van der Waals surface area contributed by atoms with Gasteiger partial charge in [0.2, 0.25) is 11.8 Å². The van der Waals surface area contributed by atoms with E-state index >= 15 is 0 Å². The van der Waals surface area contributed by atoms with Gasteiger partial charge in [0.25, 0.3) is 15.9 Å². The van der Waals surface area contributed by atoms with Gasteiger partial charge >= 0.3 is 6.09 Å². The third-order valence-electron chi connectivity index (χ3n) is 8.36. The fourth-order valence-corrected chi connectivity index (χ4v) is 6.85. The van der Waals surface area contributed by atoms with E-state index in [2.05, 4.69) is 15.4 Å². The largest absolute Gasteiger partial charge is 0.444 e. The van der Waals surface area contributed by atoms with Gasteiger partial charge in [-0.05, 0) is 68.4 Å². The Balaban J connectivity index is 1.53. The maximum absolute atomic E-state index is 14.0. The first kappa shape index (κ1) is 30.8. The van der Waals surface area contributed by atoms with Crippen LogP contribution in [0.3, 0.4) is 0 Å². The zero-order chi connectivity index (χ0) is 30.8. The molecule has 1 aliphatic heterocycles. The van der Waals surface area contributed by atoms with E-state index in [9.17, 15) is 27.6 Å². The average molecular weight is 591 g/mol. The van der Waals surface area contributed by atoms with Gasteiger partial charge < -0.3 is 20.3 Å². The second-order valence-electron chi connectivity index (χ2n) is 14.2. The van der Waals surface area contributed by atoms with Gasteiger partial charge in [-0.15, -0.1) is 0 Å². The number of nitrogens with one attached hydrogen (secondary N) is 3. The van der Waals surface area contributed by atoms with Crippen LogP contribution in [0.2, 0.25) is 0 Å². The molecule has 1 heterocycles. The summed E-state index contributed by atoms with van der Waals surface area (Å²) in [5.41, 5.74) is -3.02. The number of hydrogen-bond acceptors (Lipinski definition) is 7. The van der Waals surface area contributed by atoms with Crippen molar-refractivity contribution in [3.05, 3.63) is 30.3 Å². The number of ether oxygens (including phenoxy) is 1. The molecule has 2 unspecified atom stereocenters. The molecule has 12 heteroatoms. The summed E-state index contributed by atoms with van der Waals surface area (Å²) in [5.74, 6) is -1.79. The molecular weight excluding hydrogens is 548 g/mol. The summed E-state index contributed by atoms with van der Waals surface area (Å²) < 4.78 is 33.0. The van der Waals surface area contributed by atoms with E-state index in [1.54, 1.807) is 39.0 Å². The van der Waals surface area contributed by atoms with Crippen LogP contribution in [-0.4, -0.2) is 66.9 Å². The number of amides is 4. The van der Waals surface area contributed by atoms with Crippen molar-refractivity contribution < 1.29 is 32.3 Å². The second kappa shape index (κ2) is 9.99. The van der Waals surface area contributed by atoms with Crippen molar-refractivity contribution in [2.45, 2.75) is 96.4 Å². The number of benzene rings is 1. The lowest BCUT2D eigenvalue weighted by atomic mass is 9.85. The van der Waals surface area contributed by atoms with Crippen molar-refractivity contribution >= 4 is 33.8 Å². The SMILES string of the molecule is CC(C)(C)OC(=O)N[C@H](C(=O)N1CC2[C@@H](C1C(=O)NC1(C(=O)NS(=O)(=O)c3ccccc3)CC1)C2(C)C)C(C)(C)C. The monoisotopic (exact) mass is 590 g/mol. The molecule has 11 nitrogen and oxygen atoms in total. The van der Waals surface area contributed by atoms with Gasteiger partial charge in [0.15, 0.2) is 0 Å². The molecule has 3 fully saturated rings. The Morgan fingerprint density at radius 1 is 1.00 bits per heavy atom. The van der Waals surface area contributed by atoms with Crippen LogP contribution in [-0.2, 0) is 29.1 Å². The summed E-state index contributed by atoms with van der Waals surface area (Å²) >= 11 is 0. The topological polar surface area (TPSA) is 151 Å². The molecule has 4 amide bonds. The highest BCUT2D eigenvalue weighted by Gasteiger charge is 2.70. The minimum absolute atomic E-state index is 0.0590. The van der Waals surface area contributed by atoms with E-state index < -0.39 is 62.5 Å². The van der Waals surface area contributed by atoms with E-state index in [1.165, 1.54) is 17.0 Å². The number of likely N-dealkylation sites (tertiary alicyclic amines) is 1. The molecule has 0 bridgehead atoms. The highest BCUT2D eigenvalue weighted by atomic mass is 32.2.